The van der Waals surface area contributed by atoms with Gasteiger partial charge in [-0.05, 0) is 132 Å². The summed E-state index contributed by atoms with van der Waals surface area (Å²) in [5.41, 5.74) is 2.62. The third-order valence-electron chi connectivity index (χ3n) is 16.7. The monoisotopic (exact) mass is 1100 g/mol. The van der Waals surface area contributed by atoms with E-state index >= 15 is 0 Å². The molecule has 5 aliphatic carbocycles. The van der Waals surface area contributed by atoms with Crippen molar-refractivity contribution in [2.24, 2.45) is 86.8 Å². The van der Waals surface area contributed by atoms with Gasteiger partial charge in [-0.15, -0.1) is 0 Å². The van der Waals surface area contributed by atoms with E-state index in [-0.39, 0.29) is 0 Å². The Bertz CT molecular complexity index is 956. The van der Waals surface area contributed by atoms with Crippen LogP contribution >= 0.6 is 0 Å². The van der Waals surface area contributed by atoms with Crippen molar-refractivity contribution in [3.63, 3.8) is 0 Å². The van der Waals surface area contributed by atoms with Crippen LogP contribution in [0.2, 0.25) is 0 Å². The molecule has 0 aromatic heterocycles. The smallest absolute Gasteiger partial charge is 0.0328 e. The average molecular weight is 1100 g/mol. The molecule has 1 unspecified atom stereocenters. The average Bonchev–Trinajstić information content (AvgIpc) is 4.06. The second-order valence-electron chi connectivity index (χ2n) is 30.9. The van der Waals surface area contributed by atoms with Crippen LogP contribution in [0.5, 0.6) is 0 Å². The highest BCUT2D eigenvalue weighted by Gasteiger charge is 2.34. The van der Waals surface area contributed by atoms with E-state index in [1.807, 2.05) is 0 Å². The van der Waals surface area contributed by atoms with E-state index in [0.29, 0.717) is 10.8 Å². The molecule has 0 heteroatoms. The maximum atomic E-state index is 2.35. The van der Waals surface area contributed by atoms with Gasteiger partial charge >= 0.3 is 0 Å². The third-order valence-corrected chi connectivity index (χ3v) is 16.7. The van der Waals surface area contributed by atoms with Crippen molar-refractivity contribution in [1.29, 1.82) is 0 Å². The minimum atomic E-state index is 0.542. The highest BCUT2D eigenvalue weighted by atomic mass is 14.4. The summed E-state index contributed by atoms with van der Waals surface area (Å²) in [5, 5.41) is 0. The van der Waals surface area contributed by atoms with Crippen LogP contribution in [0.25, 0.3) is 0 Å². The van der Waals surface area contributed by atoms with E-state index in [9.17, 15) is 0 Å². The number of unbranched alkanes of at least 4 members (excludes halogenated alkanes) is 3. The van der Waals surface area contributed by atoms with Gasteiger partial charge in [0.15, 0.2) is 0 Å². The Morgan fingerprint density at radius 2 is 0.714 bits per heavy atom. The molecule has 0 saturated heterocycles. The molecule has 0 aromatic rings. The SMILES string of the molecule is CC(C)C(C)C.CC(C)C1CC1.CC1(C)CC1.CC1C[C@H]1C.CCC(C)(C)C.CCC(C)(C)C.CCC(C)CC.CCC1(C)CC1.CCCC(C)C.CCCC(C)C.CCCC1CC1.CCCCCC.CCC[C@H](C)CC. The zero-order chi connectivity index (χ0) is 62.4. The van der Waals surface area contributed by atoms with Crippen LogP contribution in [-0.4, -0.2) is 0 Å². The van der Waals surface area contributed by atoms with Crippen molar-refractivity contribution in [3.05, 3.63) is 0 Å². The summed E-state index contributed by atoms with van der Waals surface area (Å²) in [6.07, 6.45) is 37.9. The van der Waals surface area contributed by atoms with Gasteiger partial charge in [-0.2, -0.15) is 0 Å². The van der Waals surface area contributed by atoms with Gasteiger partial charge in [0.25, 0.3) is 0 Å². The van der Waals surface area contributed by atoms with Gasteiger partial charge in [0.1, 0.15) is 0 Å². The first-order valence-electron chi connectivity index (χ1n) is 35.4. The predicted molar refractivity (Wildman–Crippen MR) is 371 cm³/mol. The maximum Gasteiger partial charge on any atom is -0.0328 e. The Balaban J connectivity index is -0.000000112. The van der Waals surface area contributed by atoms with Crippen LogP contribution in [-0.2, 0) is 0 Å². The van der Waals surface area contributed by atoms with Crippen LogP contribution in [0.3, 0.4) is 0 Å². The van der Waals surface area contributed by atoms with E-state index in [2.05, 4.69) is 242 Å². The fourth-order valence-corrected chi connectivity index (χ4v) is 5.54. The topological polar surface area (TPSA) is 0 Å². The molecule has 77 heavy (non-hydrogen) atoms. The van der Waals surface area contributed by atoms with Crippen LogP contribution in [0, 0.1) is 86.8 Å². The molecule has 0 N–H and O–H groups in total. The Morgan fingerprint density at radius 1 is 0.416 bits per heavy atom. The Hall–Kier alpha value is 0. The lowest BCUT2D eigenvalue weighted by atomic mass is 9.94. The highest BCUT2D eigenvalue weighted by molar-refractivity contribution is 4.86. The summed E-state index contributed by atoms with van der Waals surface area (Å²) in [6, 6.07) is 0. The van der Waals surface area contributed by atoms with E-state index in [4.69, 9.17) is 0 Å². The number of hydrogen-bond acceptors (Lipinski definition) is 0. The molecule has 0 amide bonds. The lowest BCUT2D eigenvalue weighted by Crippen LogP contribution is -2.00. The maximum absolute atomic E-state index is 2.35. The molecule has 0 aliphatic heterocycles. The zero-order valence-electron chi connectivity index (χ0n) is 62.4. The summed E-state index contributed by atoms with van der Waals surface area (Å²) >= 11 is 0. The van der Waals surface area contributed by atoms with Crippen LogP contribution in [0.4, 0.5) is 0 Å². The Labute approximate surface area is 500 Å². The Morgan fingerprint density at radius 3 is 0.753 bits per heavy atom. The molecule has 5 rings (SSSR count). The number of hydrogen-bond donors (Lipinski definition) is 0. The second kappa shape index (κ2) is 60.6. The van der Waals surface area contributed by atoms with Gasteiger partial charge in [0.05, 0.1) is 0 Å². The molecular weight excluding hydrogens is 925 g/mol. The molecule has 5 fully saturated rings. The second-order valence-corrected chi connectivity index (χ2v) is 30.9. The molecule has 0 bridgehead atoms. The van der Waals surface area contributed by atoms with E-state index in [0.717, 1.165) is 75.9 Å². The quantitative estimate of drug-likeness (QED) is 0.127. The van der Waals surface area contributed by atoms with Gasteiger partial charge in [-0.25, -0.2) is 0 Å². The molecule has 0 spiro atoms. The lowest BCUT2D eigenvalue weighted by molar-refractivity contribution is 0.397. The molecule has 0 aromatic carbocycles. The summed E-state index contributed by atoms with van der Waals surface area (Å²) < 4.78 is 0. The molecule has 0 nitrogen and oxygen atoms in total. The highest BCUT2D eigenvalue weighted by Crippen LogP contribution is 2.47. The first-order chi connectivity index (χ1) is 35.4. The normalized spacial score (nSPS) is 17.7. The summed E-state index contributed by atoms with van der Waals surface area (Å²) in [6.45, 7) is 79.0. The molecule has 5 saturated carbocycles. The van der Waals surface area contributed by atoms with Crippen molar-refractivity contribution in [3.8, 4) is 0 Å². The van der Waals surface area contributed by atoms with Crippen LogP contribution in [0.15, 0.2) is 0 Å². The van der Waals surface area contributed by atoms with Crippen molar-refractivity contribution in [2.45, 2.75) is 416 Å². The van der Waals surface area contributed by atoms with Crippen LogP contribution in [0.1, 0.15) is 416 Å². The van der Waals surface area contributed by atoms with Gasteiger partial charge < -0.3 is 0 Å². The molecule has 5 aliphatic rings. The molecule has 3 atom stereocenters. The molecule has 478 valence electrons. The predicted octanol–water partition coefficient (Wildman–Crippen LogP) is 29.8. The fraction of sp³-hybridized carbons (Fsp3) is 1.00. The lowest BCUT2D eigenvalue weighted by Gasteiger charge is -2.12. The summed E-state index contributed by atoms with van der Waals surface area (Å²) in [7, 11) is 0. The third kappa shape index (κ3) is 116. The fourth-order valence-electron chi connectivity index (χ4n) is 5.54. The minimum Gasteiger partial charge on any atom is -0.0654 e. The van der Waals surface area contributed by atoms with Crippen molar-refractivity contribution >= 4 is 0 Å². The standard InChI is InChI=1S/C7H16.3C6H12.7C6H14.2C5H10/c1-4-6-7(3)5-2;1-5(2)6-3-4-6;1-3-6(2)4-5-6;1-2-3-6-4-5-6;2*1-5-6(2,3)4;1-5(2)6(3)4;2*1-4-5-6(2)3;1-4-6(3)5-2;1-3-5-6-4-2;1-5(2)3-4-5;1-4-3-5(4)2/h7H,4-6H2,1-3H3;5-6H,3-4H2,1-2H3;3-5H2,1-2H3;6H,2-5H2,1H3;2*5H2,1-4H3;5-6H,1-4H3;3*6H,4-5H2,1-3H3;3-6H2,1-2H3;3-4H2,1-2H3;4-5H,3H2,1-2H3/t7-;;;;;;;;;;;;4-,5?/m1...........1/s1. The van der Waals surface area contributed by atoms with Crippen LogP contribution < -0.4 is 0 Å². The Kier molecular flexibility index (Phi) is 73.5. The first-order valence-corrected chi connectivity index (χ1v) is 35.4. The molecule has 0 radical (unpaired) electrons. The summed E-state index contributed by atoms with van der Waals surface area (Å²) in [4.78, 5) is 0. The van der Waals surface area contributed by atoms with E-state index in [1.54, 1.807) is 0 Å². The van der Waals surface area contributed by atoms with E-state index < -0.39 is 0 Å². The largest absolute Gasteiger partial charge is 0.0654 e. The van der Waals surface area contributed by atoms with Gasteiger partial charge in [-0.3, -0.25) is 0 Å². The molecular formula is C77H170. The first kappa shape index (κ1) is 93.4. The summed E-state index contributed by atoms with van der Waals surface area (Å²) in [5.74, 6) is 10.7. The van der Waals surface area contributed by atoms with Gasteiger partial charge in [-0.1, -0.05) is 371 Å². The van der Waals surface area contributed by atoms with E-state index in [1.165, 1.54) is 173 Å². The van der Waals surface area contributed by atoms with Gasteiger partial charge in [0.2, 0.25) is 0 Å². The van der Waals surface area contributed by atoms with Crippen molar-refractivity contribution in [2.75, 3.05) is 0 Å². The molecule has 0 heterocycles. The zero-order valence-corrected chi connectivity index (χ0v) is 62.4. The minimum absolute atomic E-state index is 0.542. The van der Waals surface area contributed by atoms with Gasteiger partial charge in [0, 0.05) is 0 Å². The number of rotatable bonds is 17. The van der Waals surface area contributed by atoms with Crippen molar-refractivity contribution < 1.29 is 0 Å². The van der Waals surface area contributed by atoms with Crippen molar-refractivity contribution in [1.82, 2.24) is 0 Å².